The molecule has 0 saturated heterocycles. The minimum atomic E-state index is -4.08. The van der Waals surface area contributed by atoms with Crippen LogP contribution in [0.2, 0.25) is 0 Å². The highest BCUT2D eigenvalue weighted by Gasteiger charge is 2.39. The van der Waals surface area contributed by atoms with Crippen molar-refractivity contribution in [3.8, 4) is 0 Å². The average Bonchev–Trinajstić information content (AvgIpc) is 3.18. The van der Waals surface area contributed by atoms with Gasteiger partial charge in [-0.3, -0.25) is 4.90 Å². The van der Waals surface area contributed by atoms with Crippen LogP contribution in [0.4, 0.5) is 13.2 Å². The van der Waals surface area contributed by atoms with E-state index in [0.717, 1.165) is 25.7 Å². The maximum atomic E-state index is 12.6. The first kappa shape index (κ1) is 15.1. The fraction of sp³-hybridized carbons (Fsp3) is 1.00. The maximum absolute atomic E-state index is 12.6. The Morgan fingerprint density at radius 2 is 1.74 bits per heavy atom. The van der Waals surface area contributed by atoms with Crippen molar-refractivity contribution in [1.29, 1.82) is 0 Å². The fourth-order valence-electron chi connectivity index (χ4n) is 3.28. The Kier molecular flexibility index (Phi) is 5.12. The molecule has 2 aliphatic rings. The molecular formula is C14H25F3N2. The van der Waals surface area contributed by atoms with Gasteiger partial charge in [0.2, 0.25) is 0 Å². The van der Waals surface area contributed by atoms with E-state index >= 15 is 0 Å². The first-order valence-electron chi connectivity index (χ1n) is 7.47. The van der Waals surface area contributed by atoms with Gasteiger partial charge in [-0.2, -0.15) is 13.2 Å². The van der Waals surface area contributed by atoms with Gasteiger partial charge in [-0.05, 0) is 38.6 Å². The van der Waals surface area contributed by atoms with Crippen molar-refractivity contribution >= 4 is 0 Å². The Hall–Kier alpha value is -0.290. The third-order valence-corrected chi connectivity index (χ3v) is 4.47. The van der Waals surface area contributed by atoms with Gasteiger partial charge in [0, 0.05) is 18.6 Å². The molecular weight excluding hydrogens is 253 g/mol. The van der Waals surface area contributed by atoms with Crippen molar-refractivity contribution in [3.05, 3.63) is 0 Å². The quantitative estimate of drug-likeness (QED) is 0.803. The Bertz CT molecular complexity index is 270. The summed E-state index contributed by atoms with van der Waals surface area (Å²) in [5, 5.41) is 3.26. The average molecular weight is 278 g/mol. The standard InChI is InChI=1S/C14H25F3N2/c1-18-13(11-5-3-2-4-6-11)9-19(12-7-8-12)10-14(15,16)17/h11-13,18H,2-10H2,1H3. The molecule has 0 heterocycles. The first-order chi connectivity index (χ1) is 8.99. The number of nitrogens with one attached hydrogen (secondary N) is 1. The van der Waals surface area contributed by atoms with Crippen molar-refractivity contribution in [2.45, 2.75) is 63.2 Å². The Morgan fingerprint density at radius 1 is 1.11 bits per heavy atom. The van der Waals surface area contributed by atoms with E-state index in [1.807, 2.05) is 7.05 Å². The molecule has 0 spiro atoms. The van der Waals surface area contributed by atoms with Gasteiger partial charge in [-0.15, -0.1) is 0 Å². The summed E-state index contributed by atoms with van der Waals surface area (Å²) in [5.74, 6) is 0.549. The first-order valence-corrected chi connectivity index (χ1v) is 7.47. The molecule has 0 aromatic rings. The number of hydrogen-bond acceptors (Lipinski definition) is 2. The molecule has 1 unspecified atom stereocenters. The highest BCUT2D eigenvalue weighted by Crippen LogP contribution is 2.32. The minimum absolute atomic E-state index is 0.168. The van der Waals surface area contributed by atoms with Crippen molar-refractivity contribution in [1.82, 2.24) is 10.2 Å². The molecule has 0 aliphatic heterocycles. The lowest BCUT2D eigenvalue weighted by Crippen LogP contribution is -2.48. The number of hydrogen-bond donors (Lipinski definition) is 1. The second-order valence-electron chi connectivity index (χ2n) is 6.07. The lowest BCUT2D eigenvalue weighted by atomic mass is 9.83. The van der Waals surface area contributed by atoms with E-state index in [9.17, 15) is 13.2 Å². The van der Waals surface area contributed by atoms with Crippen LogP contribution in [0.15, 0.2) is 0 Å². The zero-order valence-electron chi connectivity index (χ0n) is 11.7. The summed E-state index contributed by atoms with van der Waals surface area (Å²) >= 11 is 0. The molecule has 0 radical (unpaired) electrons. The molecule has 2 saturated carbocycles. The zero-order chi connectivity index (χ0) is 13.9. The molecule has 2 nitrogen and oxygen atoms in total. The van der Waals surface area contributed by atoms with E-state index in [4.69, 9.17) is 0 Å². The minimum Gasteiger partial charge on any atom is -0.315 e. The smallest absolute Gasteiger partial charge is 0.315 e. The summed E-state index contributed by atoms with van der Waals surface area (Å²) in [6.45, 7) is -0.200. The predicted octanol–water partition coefficient (Wildman–Crippen LogP) is 3.18. The molecule has 2 aliphatic carbocycles. The molecule has 1 N–H and O–H groups in total. The maximum Gasteiger partial charge on any atom is 0.401 e. The summed E-state index contributed by atoms with van der Waals surface area (Å²) < 4.78 is 37.9. The van der Waals surface area contributed by atoms with Crippen molar-refractivity contribution in [2.75, 3.05) is 20.1 Å². The van der Waals surface area contributed by atoms with Crippen LogP contribution in [0, 0.1) is 5.92 Å². The van der Waals surface area contributed by atoms with Crippen LogP contribution in [-0.2, 0) is 0 Å². The van der Waals surface area contributed by atoms with E-state index < -0.39 is 12.7 Å². The second-order valence-corrected chi connectivity index (χ2v) is 6.07. The van der Waals surface area contributed by atoms with Gasteiger partial charge in [0.1, 0.15) is 0 Å². The van der Waals surface area contributed by atoms with Crippen LogP contribution in [0.3, 0.4) is 0 Å². The molecule has 2 rings (SSSR count). The predicted molar refractivity (Wildman–Crippen MR) is 70.1 cm³/mol. The van der Waals surface area contributed by atoms with Crippen molar-refractivity contribution < 1.29 is 13.2 Å². The third-order valence-electron chi connectivity index (χ3n) is 4.47. The highest BCUT2D eigenvalue weighted by molar-refractivity contribution is 4.90. The number of halogens is 3. The van der Waals surface area contributed by atoms with Crippen LogP contribution in [-0.4, -0.2) is 43.3 Å². The largest absolute Gasteiger partial charge is 0.401 e. The summed E-state index contributed by atoms with van der Waals surface area (Å²) in [6.07, 6.45) is 3.84. The van der Waals surface area contributed by atoms with Gasteiger partial charge in [-0.1, -0.05) is 19.3 Å². The number of alkyl halides is 3. The molecule has 0 aromatic carbocycles. The lowest BCUT2D eigenvalue weighted by Gasteiger charge is -2.34. The lowest BCUT2D eigenvalue weighted by molar-refractivity contribution is -0.148. The fourth-order valence-corrected chi connectivity index (χ4v) is 3.28. The van der Waals surface area contributed by atoms with Crippen LogP contribution in [0.1, 0.15) is 44.9 Å². The van der Waals surface area contributed by atoms with E-state index in [0.29, 0.717) is 12.5 Å². The molecule has 19 heavy (non-hydrogen) atoms. The van der Waals surface area contributed by atoms with Crippen LogP contribution in [0.25, 0.3) is 0 Å². The molecule has 2 fully saturated rings. The number of nitrogens with zero attached hydrogens (tertiary/aromatic N) is 1. The molecule has 112 valence electrons. The number of likely N-dealkylation sites (N-methyl/N-ethyl adjacent to an activating group) is 1. The van der Waals surface area contributed by atoms with Crippen molar-refractivity contribution in [2.24, 2.45) is 5.92 Å². The molecule has 0 bridgehead atoms. The van der Waals surface area contributed by atoms with Gasteiger partial charge < -0.3 is 5.32 Å². The Labute approximate surface area is 113 Å². The zero-order valence-corrected chi connectivity index (χ0v) is 11.7. The van der Waals surface area contributed by atoms with Crippen LogP contribution in [0.5, 0.6) is 0 Å². The van der Waals surface area contributed by atoms with Gasteiger partial charge in [0.05, 0.1) is 6.54 Å². The van der Waals surface area contributed by atoms with E-state index in [1.165, 1.54) is 19.3 Å². The van der Waals surface area contributed by atoms with Gasteiger partial charge in [0.25, 0.3) is 0 Å². The van der Waals surface area contributed by atoms with Crippen LogP contribution < -0.4 is 5.32 Å². The Morgan fingerprint density at radius 3 is 2.21 bits per heavy atom. The van der Waals surface area contributed by atoms with E-state index in [-0.39, 0.29) is 12.1 Å². The molecule has 0 amide bonds. The van der Waals surface area contributed by atoms with Gasteiger partial charge >= 0.3 is 6.18 Å². The topological polar surface area (TPSA) is 15.3 Å². The normalized spacial score (nSPS) is 23.8. The molecule has 1 atom stereocenters. The summed E-state index contributed by atoms with van der Waals surface area (Å²) in [6, 6.07) is 0.379. The second kappa shape index (κ2) is 6.44. The van der Waals surface area contributed by atoms with Crippen molar-refractivity contribution in [3.63, 3.8) is 0 Å². The summed E-state index contributed by atoms with van der Waals surface area (Å²) in [5.41, 5.74) is 0. The summed E-state index contributed by atoms with van der Waals surface area (Å²) in [4.78, 5) is 1.65. The Balaban J connectivity index is 1.89. The summed E-state index contributed by atoms with van der Waals surface area (Å²) in [7, 11) is 1.89. The highest BCUT2D eigenvalue weighted by atomic mass is 19.4. The van der Waals surface area contributed by atoms with E-state index in [1.54, 1.807) is 4.90 Å². The molecule has 0 aromatic heterocycles. The number of rotatable bonds is 6. The third kappa shape index (κ3) is 4.95. The van der Waals surface area contributed by atoms with E-state index in [2.05, 4.69) is 5.32 Å². The van der Waals surface area contributed by atoms with Crippen LogP contribution >= 0.6 is 0 Å². The monoisotopic (exact) mass is 278 g/mol. The van der Waals surface area contributed by atoms with Gasteiger partial charge in [0.15, 0.2) is 0 Å². The SMILES string of the molecule is CNC(CN(CC(F)(F)F)C1CC1)C1CCCCC1. The molecule has 5 heteroatoms. The van der Waals surface area contributed by atoms with Gasteiger partial charge in [-0.25, -0.2) is 0 Å².